The molecule has 1 atom stereocenters. The van der Waals surface area contributed by atoms with Crippen molar-refractivity contribution in [2.24, 2.45) is 0 Å². The van der Waals surface area contributed by atoms with Gasteiger partial charge in [-0.3, -0.25) is 0 Å². The van der Waals surface area contributed by atoms with Crippen LogP contribution in [0, 0.1) is 0 Å². The van der Waals surface area contributed by atoms with Gasteiger partial charge in [-0.1, -0.05) is 24.3 Å². The van der Waals surface area contributed by atoms with Crippen LogP contribution in [-0.4, -0.2) is 36.3 Å². The Hall–Kier alpha value is -2.41. The summed E-state index contributed by atoms with van der Waals surface area (Å²) in [7, 11) is -3.18. The molecule has 1 aliphatic heterocycles. The lowest BCUT2D eigenvalue weighted by Crippen LogP contribution is -2.22. The summed E-state index contributed by atoms with van der Waals surface area (Å²) in [5.74, 6) is -0.809. The summed E-state index contributed by atoms with van der Waals surface area (Å²) >= 11 is 0. The second-order valence-corrected chi connectivity index (χ2v) is 6.72. The van der Waals surface area contributed by atoms with Crippen molar-refractivity contribution in [3.63, 3.8) is 0 Å². The summed E-state index contributed by atoms with van der Waals surface area (Å²) in [6, 6.07) is 8.30. The number of aromatic nitrogens is 1. The number of sulfone groups is 1. The third-order valence-corrected chi connectivity index (χ3v) is 4.61. The van der Waals surface area contributed by atoms with Crippen molar-refractivity contribution in [2.45, 2.75) is 6.04 Å². The van der Waals surface area contributed by atoms with Gasteiger partial charge in [-0.25, -0.2) is 18.2 Å². The molecular formula is C14H12N2O4S. The minimum Gasteiger partial charge on any atom is -0.477 e. The predicted molar refractivity (Wildman–Crippen MR) is 79.0 cm³/mol. The largest absolute Gasteiger partial charge is 0.477 e. The van der Waals surface area contributed by atoms with Crippen LogP contribution in [0.15, 0.2) is 41.8 Å². The molecule has 2 heterocycles. The standard InChI is InChI=1S/C14H12N2O4S/c17-14(18)12-7-9-3-1-2-4-11(9)13(16-12)15-10-5-6-21(19,20)8-10/h1-7,10H,8H2,(H,15,16)(H,17,18). The van der Waals surface area contributed by atoms with Gasteiger partial charge in [0.15, 0.2) is 15.5 Å². The SMILES string of the molecule is O=C(O)c1cc2ccccc2c(NC2C=CS(=O)(=O)C2)n1. The number of hydrogen-bond acceptors (Lipinski definition) is 5. The van der Waals surface area contributed by atoms with Gasteiger partial charge < -0.3 is 10.4 Å². The van der Waals surface area contributed by atoms with Crippen molar-refractivity contribution in [1.82, 2.24) is 4.98 Å². The van der Waals surface area contributed by atoms with E-state index in [0.717, 1.165) is 16.2 Å². The molecule has 6 nitrogen and oxygen atoms in total. The topological polar surface area (TPSA) is 96.4 Å². The summed E-state index contributed by atoms with van der Waals surface area (Å²) in [5.41, 5.74) is -0.0824. The van der Waals surface area contributed by atoms with Crippen molar-refractivity contribution in [1.29, 1.82) is 0 Å². The number of nitrogens with zero attached hydrogens (tertiary/aromatic N) is 1. The van der Waals surface area contributed by atoms with Gasteiger partial charge in [0.1, 0.15) is 5.82 Å². The average Bonchev–Trinajstić information content (AvgIpc) is 2.77. The van der Waals surface area contributed by atoms with Gasteiger partial charge in [0.2, 0.25) is 0 Å². The number of nitrogens with one attached hydrogen (secondary N) is 1. The molecule has 0 fully saturated rings. The number of anilines is 1. The number of benzene rings is 1. The van der Waals surface area contributed by atoms with Crippen molar-refractivity contribution in [3.8, 4) is 0 Å². The average molecular weight is 304 g/mol. The van der Waals surface area contributed by atoms with Crippen LogP contribution < -0.4 is 5.32 Å². The number of aromatic carboxylic acids is 1. The molecule has 1 aromatic heterocycles. The Morgan fingerprint density at radius 3 is 2.76 bits per heavy atom. The number of pyridine rings is 1. The molecule has 21 heavy (non-hydrogen) atoms. The maximum absolute atomic E-state index is 11.4. The van der Waals surface area contributed by atoms with E-state index in [4.69, 9.17) is 5.11 Å². The minimum atomic E-state index is -3.18. The Kier molecular flexibility index (Phi) is 3.13. The van der Waals surface area contributed by atoms with Crippen LogP contribution in [0.5, 0.6) is 0 Å². The highest BCUT2D eigenvalue weighted by Crippen LogP contribution is 2.24. The Balaban J connectivity index is 2.04. The second-order valence-electron chi connectivity index (χ2n) is 4.79. The molecule has 0 spiro atoms. The van der Waals surface area contributed by atoms with Crippen molar-refractivity contribution in [2.75, 3.05) is 11.1 Å². The first kappa shape index (κ1) is 13.6. The summed E-state index contributed by atoms with van der Waals surface area (Å²) in [6.07, 6.45) is 1.54. The number of carboxylic acids is 1. The smallest absolute Gasteiger partial charge is 0.354 e. The Morgan fingerprint density at radius 1 is 1.33 bits per heavy atom. The quantitative estimate of drug-likeness (QED) is 0.895. The first-order valence-corrected chi connectivity index (χ1v) is 7.97. The second kappa shape index (κ2) is 4.85. The fourth-order valence-corrected chi connectivity index (χ4v) is 3.49. The highest BCUT2D eigenvalue weighted by molar-refractivity contribution is 7.94. The molecular weight excluding hydrogens is 292 g/mol. The normalized spacial score (nSPS) is 19.7. The van der Waals surface area contributed by atoms with Gasteiger partial charge in [0, 0.05) is 10.8 Å². The lowest BCUT2D eigenvalue weighted by atomic mass is 10.1. The van der Waals surface area contributed by atoms with E-state index in [1.807, 2.05) is 12.1 Å². The molecule has 3 rings (SSSR count). The van der Waals surface area contributed by atoms with Gasteiger partial charge >= 0.3 is 5.97 Å². The zero-order chi connectivity index (χ0) is 15.0. The molecule has 0 bridgehead atoms. The fourth-order valence-electron chi connectivity index (χ4n) is 2.26. The summed E-state index contributed by atoms with van der Waals surface area (Å²) < 4.78 is 22.9. The van der Waals surface area contributed by atoms with E-state index >= 15 is 0 Å². The number of rotatable bonds is 3. The monoisotopic (exact) mass is 304 g/mol. The number of hydrogen-bond donors (Lipinski definition) is 2. The van der Waals surface area contributed by atoms with E-state index in [2.05, 4.69) is 10.3 Å². The molecule has 1 aromatic carbocycles. The van der Waals surface area contributed by atoms with E-state index in [-0.39, 0.29) is 11.4 Å². The highest BCUT2D eigenvalue weighted by Gasteiger charge is 2.22. The zero-order valence-electron chi connectivity index (χ0n) is 10.9. The number of fused-ring (bicyclic) bond motifs is 1. The van der Waals surface area contributed by atoms with E-state index in [1.54, 1.807) is 18.2 Å². The Labute approximate surface area is 121 Å². The van der Waals surface area contributed by atoms with Crippen LogP contribution in [0.1, 0.15) is 10.5 Å². The molecule has 0 saturated heterocycles. The molecule has 2 N–H and O–H groups in total. The maximum atomic E-state index is 11.4. The van der Waals surface area contributed by atoms with Crippen LogP contribution in [0.3, 0.4) is 0 Å². The van der Waals surface area contributed by atoms with E-state index < -0.39 is 21.8 Å². The summed E-state index contributed by atoms with van der Waals surface area (Å²) in [4.78, 5) is 15.2. The Bertz CT molecular complexity index is 858. The summed E-state index contributed by atoms with van der Waals surface area (Å²) in [5, 5.41) is 14.8. The van der Waals surface area contributed by atoms with E-state index in [1.165, 1.54) is 6.07 Å². The van der Waals surface area contributed by atoms with Gasteiger partial charge in [0.25, 0.3) is 0 Å². The van der Waals surface area contributed by atoms with Crippen LogP contribution in [0.4, 0.5) is 5.82 Å². The highest BCUT2D eigenvalue weighted by atomic mass is 32.2. The maximum Gasteiger partial charge on any atom is 0.354 e. The number of carbonyl (C=O) groups is 1. The molecule has 7 heteroatoms. The number of carboxylic acid groups (broad SMARTS) is 1. The van der Waals surface area contributed by atoms with Crippen LogP contribution in [-0.2, 0) is 9.84 Å². The molecule has 1 aliphatic rings. The summed E-state index contributed by atoms with van der Waals surface area (Å²) in [6.45, 7) is 0. The third-order valence-electron chi connectivity index (χ3n) is 3.21. The molecule has 2 aromatic rings. The van der Waals surface area contributed by atoms with E-state index in [9.17, 15) is 13.2 Å². The van der Waals surface area contributed by atoms with Gasteiger partial charge in [0.05, 0.1) is 11.8 Å². The zero-order valence-corrected chi connectivity index (χ0v) is 11.7. The van der Waals surface area contributed by atoms with Crippen LogP contribution in [0.25, 0.3) is 10.8 Å². The van der Waals surface area contributed by atoms with Crippen molar-refractivity contribution in [3.05, 3.63) is 47.5 Å². The minimum absolute atomic E-state index is 0.0553. The van der Waals surface area contributed by atoms with E-state index in [0.29, 0.717) is 5.82 Å². The molecule has 108 valence electrons. The van der Waals surface area contributed by atoms with Crippen LogP contribution in [0.2, 0.25) is 0 Å². The Morgan fingerprint density at radius 2 is 2.10 bits per heavy atom. The first-order valence-electron chi connectivity index (χ1n) is 6.25. The van der Waals surface area contributed by atoms with Crippen molar-refractivity contribution < 1.29 is 18.3 Å². The fraction of sp³-hybridized carbons (Fsp3) is 0.143. The van der Waals surface area contributed by atoms with Gasteiger partial charge in [-0.2, -0.15) is 0 Å². The lowest BCUT2D eigenvalue weighted by Gasteiger charge is -2.13. The predicted octanol–water partition coefficient (Wildman–Crippen LogP) is 1.66. The molecule has 1 unspecified atom stereocenters. The molecule has 0 amide bonds. The van der Waals surface area contributed by atoms with Crippen molar-refractivity contribution >= 4 is 32.4 Å². The lowest BCUT2D eigenvalue weighted by molar-refractivity contribution is 0.0691. The van der Waals surface area contributed by atoms with Gasteiger partial charge in [-0.05, 0) is 17.5 Å². The van der Waals surface area contributed by atoms with Crippen LogP contribution >= 0.6 is 0 Å². The van der Waals surface area contributed by atoms with Gasteiger partial charge in [-0.15, -0.1) is 0 Å². The molecule has 0 aliphatic carbocycles. The molecule has 0 saturated carbocycles. The molecule has 0 radical (unpaired) electrons. The third kappa shape index (κ3) is 2.73. The first-order chi connectivity index (χ1) is 9.94.